The van der Waals surface area contributed by atoms with Gasteiger partial charge in [-0.25, -0.2) is 0 Å². The van der Waals surface area contributed by atoms with Gasteiger partial charge in [-0.2, -0.15) is 0 Å². The van der Waals surface area contributed by atoms with E-state index in [1.807, 2.05) is 18.7 Å². The molecule has 0 bridgehead atoms. The maximum absolute atomic E-state index is 12.5. The summed E-state index contributed by atoms with van der Waals surface area (Å²) in [5, 5.41) is 3.05. The third kappa shape index (κ3) is 5.11. The zero-order chi connectivity index (χ0) is 18.4. The molecule has 0 spiro atoms. The quantitative estimate of drug-likeness (QED) is 0.857. The molecule has 6 nitrogen and oxygen atoms in total. The fourth-order valence-corrected chi connectivity index (χ4v) is 3.00. The van der Waals surface area contributed by atoms with E-state index in [2.05, 4.69) is 5.32 Å². The molecule has 1 fully saturated rings. The minimum Gasteiger partial charge on any atom is -0.493 e. The predicted molar refractivity (Wildman–Crippen MR) is 96.1 cm³/mol. The summed E-state index contributed by atoms with van der Waals surface area (Å²) in [7, 11) is 3.11. The zero-order valence-electron chi connectivity index (χ0n) is 15.5. The molecule has 0 atom stereocenters. The normalized spacial score (nSPS) is 15.2. The molecule has 0 unspecified atom stereocenters. The number of rotatable bonds is 6. The molecule has 0 aliphatic carbocycles. The van der Waals surface area contributed by atoms with Crippen molar-refractivity contribution in [3.8, 4) is 11.5 Å². The van der Waals surface area contributed by atoms with E-state index < -0.39 is 0 Å². The van der Waals surface area contributed by atoms with Gasteiger partial charge in [0.15, 0.2) is 11.5 Å². The molecular formula is C19H28N2O4. The van der Waals surface area contributed by atoms with Crippen LogP contribution >= 0.6 is 0 Å². The van der Waals surface area contributed by atoms with E-state index in [4.69, 9.17) is 9.47 Å². The molecule has 0 saturated carbocycles. The number of nitrogens with one attached hydrogen (secondary N) is 1. The Morgan fingerprint density at radius 3 is 2.36 bits per heavy atom. The number of benzene rings is 1. The van der Waals surface area contributed by atoms with E-state index >= 15 is 0 Å². The van der Waals surface area contributed by atoms with Gasteiger partial charge in [0.2, 0.25) is 5.91 Å². The standard InChI is InChI=1S/C19H28N2O4/c1-13(2)11-18(22)21-9-7-15(8-10-21)20-19(23)14-5-6-16(24-3)17(12-14)25-4/h5-6,12-13,15H,7-11H2,1-4H3,(H,20,23). The Morgan fingerprint density at radius 2 is 1.80 bits per heavy atom. The van der Waals surface area contributed by atoms with Crippen LogP contribution in [-0.2, 0) is 4.79 Å². The third-order valence-electron chi connectivity index (χ3n) is 4.41. The summed E-state index contributed by atoms with van der Waals surface area (Å²) < 4.78 is 10.4. The van der Waals surface area contributed by atoms with Gasteiger partial charge in [0.05, 0.1) is 14.2 Å². The van der Waals surface area contributed by atoms with Crippen molar-refractivity contribution in [1.29, 1.82) is 0 Å². The van der Waals surface area contributed by atoms with Gasteiger partial charge >= 0.3 is 0 Å². The van der Waals surface area contributed by atoms with Crippen molar-refractivity contribution in [2.45, 2.75) is 39.2 Å². The number of methoxy groups -OCH3 is 2. The number of hydrogen-bond acceptors (Lipinski definition) is 4. The van der Waals surface area contributed by atoms with Gasteiger partial charge in [0.1, 0.15) is 0 Å². The Labute approximate surface area is 149 Å². The van der Waals surface area contributed by atoms with Gasteiger partial charge in [-0.1, -0.05) is 13.8 Å². The monoisotopic (exact) mass is 348 g/mol. The van der Waals surface area contributed by atoms with Crippen LogP contribution in [0.15, 0.2) is 18.2 Å². The lowest BCUT2D eigenvalue weighted by Gasteiger charge is -2.33. The van der Waals surface area contributed by atoms with Gasteiger partial charge < -0.3 is 19.7 Å². The van der Waals surface area contributed by atoms with E-state index in [1.165, 1.54) is 0 Å². The minimum atomic E-state index is -0.132. The Morgan fingerprint density at radius 1 is 1.16 bits per heavy atom. The molecule has 1 N–H and O–H groups in total. The molecule has 1 saturated heterocycles. The maximum atomic E-state index is 12.5. The average molecular weight is 348 g/mol. The first kappa shape index (κ1) is 19.1. The fourth-order valence-electron chi connectivity index (χ4n) is 3.00. The third-order valence-corrected chi connectivity index (χ3v) is 4.41. The molecule has 6 heteroatoms. The number of ether oxygens (including phenoxy) is 2. The molecular weight excluding hydrogens is 320 g/mol. The van der Waals surface area contributed by atoms with Crippen LogP contribution < -0.4 is 14.8 Å². The number of carbonyl (C=O) groups excluding carboxylic acids is 2. The molecule has 2 rings (SSSR count). The van der Waals surface area contributed by atoms with Gasteiger partial charge in [-0.05, 0) is 37.0 Å². The summed E-state index contributed by atoms with van der Waals surface area (Å²) in [4.78, 5) is 26.5. The molecule has 1 aromatic carbocycles. The number of amides is 2. The Hall–Kier alpha value is -2.24. The predicted octanol–water partition coefficient (Wildman–Crippen LogP) is 2.47. The zero-order valence-corrected chi connectivity index (χ0v) is 15.5. The van der Waals surface area contributed by atoms with Crippen molar-refractivity contribution in [3.63, 3.8) is 0 Å². The Kier molecular flexibility index (Phi) is 6.67. The molecule has 2 amide bonds. The number of nitrogens with zero attached hydrogens (tertiary/aromatic N) is 1. The first-order chi connectivity index (χ1) is 11.9. The van der Waals surface area contributed by atoms with E-state index in [0.29, 0.717) is 42.5 Å². The van der Waals surface area contributed by atoms with Gasteiger partial charge in [-0.15, -0.1) is 0 Å². The number of piperidine rings is 1. The van der Waals surface area contributed by atoms with Crippen LogP contribution in [0.2, 0.25) is 0 Å². The number of carbonyl (C=O) groups is 2. The second-order valence-corrected chi connectivity index (χ2v) is 6.80. The second kappa shape index (κ2) is 8.74. The summed E-state index contributed by atoms with van der Waals surface area (Å²) in [5.74, 6) is 1.57. The average Bonchev–Trinajstić information content (AvgIpc) is 2.61. The smallest absolute Gasteiger partial charge is 0.251 e. The lowest BCUT2D eigenvalue weighted by Crippen LogP contribution is -2.46. The highest BCUT2D eigenvalue weighted by Crippen LogP contribution is 2.27. The lowest BCUT2D eigenvalue weighted by atomic mass is 10.0. The Balaban J connectivity index is 1.89. The summed E-state index contributed by atoms with van der Waals surface area (Å²) in [6.07, 6.45) is 2.15. The maximum Gasteiger partial charge on any atom is 0.251 e. The second-order valence-electron chi connectivity index (χ2n) is 6.80. The first-order valence-corrected chi connectivity index (χ1v) is 8.75. The highest BCUT2D eigenvalue weighted by molar-refractivity contribution is 5.95. The first-order valence-electron chi connectivity index (χ1n) is 8.75. The van der Waals surface area contributed by atoms with Crippen LogP contribution in [-0.4, -0.2) is 50.1 Å². The van der Waals surface area contributed by atoms with Crippen LogP contribution in [0.1, 0.15) is 43.5 Å². The summed E-state index contributed by atoms with van der Waals surface area (Å²) in [5.41, 5.74) is 0.538. The minimum absolute atomic E-state index is 0.0868. The highest BCUT2D eigenvalue weighted by Gasteiger charge is 2.24. The number of likely N-dealkylation sites (tertiary alicyclic amines) is 1. The molecule has 1 heterocycles. The van der Waals surface area contributed by atoms with Crippen molar-refractivity contribution in [3.05, 3.63) is 23.8 Å². The Bertz CT molecular complexity index is 607. The van der Waals surface area contributed by atoms with Gasteiger partial charge in [-0.3, -0.25) is 9.59 Å². The summed E-state index contributed by atoms with van der Waals surface area (Å²) in [6, 6.07) is 5.21. The van der Waals surface area contributed by atoms with E-state index in [9.17, 15) is 9.59 Å². The van der Waals surface area contributed by atoms with Gasteiger partial charge in [0, 0.05) is 31.1 Å². The largest absolute Gasteiger partial charge is 0.493 e. The molecule has 0 radical (unpaired) electrons. The van der Waals surface area contributed by atoms with E-state index in [0.717, 1.165) is 12.8 Å². The van der Waals surface area contributed by atoms with E-state index in [1.54, 1.807) is 32.4 Å². The molecule has 25 heavy (non-hydrogen) atoms. The van der Waals surface area contributed by atoms with Gasteiger partial charge in [0.25, 0.3) is 5.91 Å². The van der Waals surface area contributed by atoms with Crippen LogP contribution in [0.4, 0.5) is 0 Å². The molecule has 138 valence electrons. The molecule has 0 aromatic heterocycles. The van der Waals surface area contributed by atoms with Crippen LogP contribution in [0.5, 0.6) is 11.5 Å². The fraction of sp³-hybridized carbons (Fsp3) is 0.579. The molecule has 1 aromatic rings. The highest BCUT2D eigenvalue weighted by atomic mass is 16.5. The van der Waals surface area contributed by atoms with Crippen molar-refractivity contribution in [1.82, 2.24) is 10.2 Å². The van der Waals surface area contributed by atoms with Crippen molar-refractivity contribution < 1.29 is 19.1 Å². The van der Waals surface area contributed by atoms with Crippen molar-refractivity contribution >= 4 is 11.8 Å². The van der Waals surface area contributed by atoms with E-state index in [-0.39, 0.29) is 17.9 Å². The van der Waals surface area contributed by atoms with Crippen LogP contribution in [0.25, 0.3) is 0 Å². The molecule has 1 aliphatic rings. The summed E-state index contributed by atoms with van der Waals surface area (Å²) in [6.45, 7) is 5.49. The SMILES string of the molecule is COc1ccc(C(=O)NC2CCN(C(=O)CC(C)C)CC2)cc1OC. The van der Waals surface area contributed by atoms with Crippen molar-refractivity contribution in [2.24, 2.45) is 5.92 Å². The van der Waals surface area contributed by atoms with Crippen LogP contribution in [0, 0.1) is 5.92 Å². The number of hydrogen-bond donors (Lipinski definition) is 1. The molecule has 1 aliphatic heterocycles. The van der Waals surface area contributed by atoms with Crippen LogP contribution in [0.3, 0.4) is 0 Å². The topological polar surface area (TPSA) is 67.9 Å². The summed E-state index contributed by atoms with van der Waals surface area (Å²) >= 11 is 0. The van der Waals surface area contributed by atoms with Crippen molar-refractivity contribution in [2.75, 3.05) is 27.3 Å². The lowest BCUT2D eigenvalue weighted by molar-refractivity contribution is -0.133.